The minimum Gasteiger partial charge on any atom is -0.491 e. The number of methoxy groups -OCH3 is 2. The second-order valence-corrected chi connectivity index (χ2v) is 15.7. The van der Waals surface area contributed by atoms with Crippen molar-refractivity contribution < 1.29 is 23.8 Å². The number of fused-ring (bicyclic) bond motifs is 1. The van der Waals surface area contributed by atoms with Gasteiger partial charge < -0.3 is 24.4 Å². The van der Waals surface area contributed by atoms with Crippen LogP contribution in [0.15, 0.2) is 48.7 Å². The molecule has 0 saturated carbocycles. The molecule has 1 N–H and O–H groups in total. The summed E-state index contributed by atoms with van der Waals surface area (Å²) in [5.41, 5.74) is 7.76. The van der Waals surface area contributed by atoms with Gasteiger partial charge in [0.1, 0.15) is 18.1 Å². The highest BCUT2D eigenvalue weighted by atomic mass is 35.5. The predicted octanol–water partition coefficient (Wildman–Crippen LogP) is 4.91. The van der Waals surface area contributed by atoms with Crippen molar-refractivity contribution in [2.75, 3.05) is 60.1 Å². The number of rotatable bonds is 8. The minimum atomic E-state index is -0.123. The first-order chi connectivity index (χ1) is 25.6. The van der Waals surface area contributed by atoms with Crippen molar-refractivity contribution in [2.24, 2.45) is 5.41 Å². The zero-order chi connectivity index (χ0) is 36.6. The molecule has 5 aliphatic heterocycles. The van der Waals surface area contributed by atoms with Crippen LogP contribution in [-0.2, 0) is 16.1 Å². The molecule has 2 aromatic carbocycles. The molecule has 53 heavy (non-hydrogen) atoms. The zero-order valence-corrected chi connectivity index (χ0v) is 31.1. The largest absolute Gasteiger partial charge is 0.491 e. The number of carbonyl (C=O) groups excluding carboxylic acids is 2. The van der Waals surface area contributed by atoms with Crippen molar-refractivity contribution in [3.05, 3.63) is 70.5 Å². The summed E-state index contributed by atoms with van der Waals surface area (Å²) in [4.78, 5) is 44.8. The molecule has 9 rings (SSSR count). The standard InChI is InChI=1S/C40H42ClN7O5/c1-23-25(7-5-8-26(23)30-14-42-31(37(44-30)51-3)15-46-17-39(18-46)19-47(20-39)24(2)49)27-9-6-10-28(36(27)41)29-13-33-35(38(43-29)52-4)32(16-53-33)48-21-40(22-48)12-11-34(50)45-40/h5-10,13-14,32H,11-12,15-22H2,1-4H3,(H,45,50)/t32-/m0/s1. The Morgan fingerprint density at radius 3 is 2.36 bits per heavy atom. The van der Waals surface area contributed by atoms with E-state index >= 15 is 0 Å². The van der Waals surface area contributed by atoms with Gasteiger partial charge in [0.05, 0.1) is 54.0 Å². The molecule has 13 heteroatoms. The molecule has 7 heterocycles. The number of halogens is 1. The number of hydrogen-bond acceptors (Lipinski definition) is 10. The van der Waals surface area contributed by atoms with Crippen LogP contribution in [0.1, 0.15) is 42.6 Å². The number of hydrogen-bond donors (Lipinski definition) is 1. The van der Waals surface area contributed by atoms with Gasteiger partial charge in [0.25, 0.3) is 0 Å². The smallest absolute Gasteiger partial charge is 0.237 e. The van der Waals surface area contributed by atoms with E-state index in [1.54, 1.807) is 21.1 Å². The topological polar surface area (TPSA) is 122 Å². The third kappa shape index (κ3) is 5.69. The van der Waals surface area contributed by atoms with E-state index in [0.717, 1.165) is 90.5 Å². The monoisotopic (exact) mass is 735 g/mol. The Bertz CT molecular complexity index is 2160. The van der Waals surface area contributed by atoms with Crippen molar-refractivity contribution >= 4 is 23.4 Å². The summed E-state index contributed by atoms with van der Waals surface area (Å²) in [5.74, 6) is 2.04. The number of nitrogens with one attached hydrogen (secondary N) is 1. The van der Waals surface area contributed by atoms with Gasteiger partial charge in [-0.15, -0.1) is 0 Å². The summed E-state index contributed by atoms with van der Waals surface area (Å²) in [7, 11) is 3.26. The van der Waals surface area contributed by atoms with Crippen LogP contribution in [0, 0.1) is 12.3 Å². The molecule has 2 spiro atoms. The lowest BCUT2D eigenvalue weighted by Gasteiger charge is -2.60. The molecule has 0 radical (unpaired) electrons. The molecule has 0 unspecified atom stereocenters. The third-order valence-corrected chi connectivity index (χ3v) is 12.2. The van der Waals surface area contributed by atoms with Gasteiger partial charge in [-0.25, -0.2) is 9.97 Å². The highest BCUT2D eigenvalue weighted by Crippen LogP contribution is 2.48. The summed E-state index contributed by atoms with van der Waals surface area (Å²) in [5, 5.41) is 3.74. The Labute approximate surface area is 313 Å². The van der Waals surface area contributed by atoms with E-state index in [4.69, 9.17) is 40.8 Å². The van der Waals surface area contributed by atoms with Gasteiger partial charge in [-0.2, -0.15) is 0 Å². The summed E-state index contributed by atoms with van der Waals surface area (Å²) in [6.07, 6.45) is 3.27. The fourth-order valence-electron chi connectivity index (χ4n) is 9.08. The lowest BCUT2D eigenvalue weighted by Crippen LogP contribution is -2.72. The maximum Gasteiger partial charge on any atom is 0.237 e. The van der Waals surface area contributed by atoms with Crippen LogP contribution in [0.5, 0.6) is 17.5 Å². The fourth-order valence-corrected chi connectivity index (χ4v) is 9.41. The molecule has 2 amide bonds. The molecule has 5 aliphatic rings. The first-order valence-electron chi connectivity index (χ1n) is 18.1. The molecule has 1 atom stereocenters. The third-order valence-electron chi connectivity index (χ3n) is 11.8. The summed E-state index contributed by atoms with van der Waals surface area (Å²) >= 11 is 7.24. The van der Waals surface area contributed by atoms with Gasteiger partial charge in [0, 0.05) is 87.3 Å². The summed E-state index contributed by atoms with van der Waals surface area (Å²) < 4.78 is 17.8. The minimum absolute atomic E-state index is 0.00266. The Kier molecular flexibility index (Phi) is 8.13. The molecule has 4 fully saturated rings. The SMILES string of the molecule is COc1nc(-c2cccc(-c3cccc(-c4cc5c(c(OC)n4)[C@@H](N4CC6(CCC(=O)N6)C4)CO5)c3Cl)c2C)cnc1CN1CC2(C1)CN(C(C)=O)C2. The average molecular weight is 736 g/mol. The predicted molar refractivity (Wildman–Crippen MR) is 199 cm³/mol. The molecular formula is C40H42ClN7O5. The quantitative estimate of drug-likeness (QED) is 0.267. The Balaban J connectivity index is 0.956. The summed E-state index contributed by atoms with van der Waals surface area (Å²) in [6, 6.07) is 14.0. The molecule has 2 aromatic heterocycles. The highest BCUT2D eigenvalue weighted by molar-refractivity contribution is 6.36. The van der Waals surface area contributed by atoms with Crippen LogP contribution < -0.4 is 19.5 Å². The number of aromatic nitrogens is 3. The van der Waals surface area contributed by atoms with E-state index in [0.29, 0.717) is 47.7 Å². The van der Waals surface area contributed by atoms with Crippen molar-refractivity contribution in [3.63, 3.8) is 0 Å². The molecular weight excluding hydrogens is 694 g/mol. The maximum atomic E-state index is 11.9. The maximum absolute atomic E-state index is 11.9. The van der Waals surface area contributed by atoms with Crippen molar-refractivity contribution in [1.29, 1.82) is 0 Å². The zero-order valence-electron chi connectivity index (χ0n) is 30.4. The van der Waals surface area contributed by atoms with E-state index in [2.05, 4.69) is 28.1 Å². The van der Waals surface area contributed by atoms with Crippen molar-refractivity contribution in [1.82, 2.24) is 35.0 Å². The molecule has 0 aliphatic carbocycles. The first-order valence-corrected chi connectivity index (χ1v) is 18.5. The fraction of sp³-hybridized carbons (Fsp3) is 0.425. The van der Waals surface area contributed by atoms with Crippen molar-refractivity contribution in [3.8, 4) is 51.2 Å². The van der Waals surface area contributed by atoms with Crippen LogP contribution in [0.2, 0.25) is 5.02 Å². The average Bonchev–Trinajstić information content (AvgIpc) is 3.71. The lowest BCUT2D eigenvalue weighted by molar-refractivity contribution is -0.157. The van der Waals surface area contributed by atoms with Crippen LogP contribution in [0.25, 0.3) is 33.6 Å². The van der Waals surface area contributed by atoms with Gasteiger partial charge in [-0.1, -0.05) is 48.0 Å². The molecule has 0 bridgehead atoms. The number of likely N-dealkylation sites (tertiary alicyclic amines) is 3. The van der Waals surface area contributed by atoms with E-state index in [1.165, 1.54) is 0 Å². The molecule has 12 nitrogen and oxygen atoms in total. The van der Waals surface area contributed by atoms with E-state index < -0.39 is 0 Å². The normalized spacial score (nSPS) is 21.0. The lowest BCUT2D eigenvalue weighted by atomic mass is 9.73. The Morgan fingerprint density at radius 1 is 0.962 bits per heavy atom. The first kappa shape index (κ1) is 34.0. The molecule has 274 valence electrons. The Morgan fingerprint density at radius 2 is 1.66 bits per heavy atom. The molecule has 4 aromatic rings. The molecule has 4 saturated heterocycles. The van der Waals surface area contributed by atoms with Gasteiger partial charge in [-0.3, -0.25) is 24.4 Å². The second kappa shape index (κ2) is 12.7. The number of benzene rings is 2. The van der Waals surface area contributed by atoms with Gasteiger partial charge >= 0.3 is 0 Å². The van der Waals surface area contributed by atoms with E-state index in [1.807, 2.05) is 47.5 Å². The number of carbonyl (C=O) groups is 2. The Hall–Kier alpha value is -4.78. The van der Waals surface area contributed by atoms with Crippen molar-refractivity contribution in [2.45, 2.75) is 44.8 Å². The van der Waals surface area contributed by atoms with Crippen LogP contribution >= 0.6 is 11.6 Å². The van der Waals surface area contributed by atoms with Gasteiger partial charge in [-0.05, 0) is 24.5 Å². The number of amides is 2. The number of nitrogens with zero attached hydrogens (tertiary/aromatic N) is 6. The van der Waals surface area contributed by atoms with Gasteiger partial charge in [0.15, 0.2) is 0 Å². The number of ether oxygens (including phenoxy) is 3. The van der Waals surface area contributed by atoms with E-state index in [-0.39, 0.29) is 28.8 Å². The van der Waals surface area contributed by atoms with E-state index in [9.17, 15) is 9.59 Å². The second-order valence-electron chi connectivity index (χ2n) is 15.4. The van der Waals surface area contributed by atoms with Crippen LogP contribution in [0.3, 0.4) is 0 Å². The van der Waals surface area contributed by atoms with Crippen LogP contribution in [-0.4, -0.2) is 107 Å². The number of pyridine rings is 1. The van der Waals surface area contributed by atoms with Gasteiger partial charge in [0.2, 0.25) is 23.6 Å². The van der Waals surface area contributed by atoms with Crippen LogP contribution in [0.4, 0.5) is 0 Å². The highest BCUT2D eigenvalue weighted by Gasteiger charge is 2.53. The summed E-state index contributed by atoms with van der Waals surface area (Å²) in [6.45, 7) is 9.95.